The fourth-order valence-electron chi connectivity index (χ4n) is 2.59. The Labute approximate surface area is 142 Å². The monoisotopic (exact) mass is 341 g/mol. The summed E-state index contributed by atoms with van der Waals surface area (Å²) in [5, 5.41) is 0.922. The minimum atomic E-state index is -0.312. The highest BCUT2D eigenvalue weighted by atomic mass is 32.1. The van der Waals surface area contributed by atoms with Crippen LogP contribution in [0.5, 0.6) is 5.75 Å². The number of carbonyl (C=O) groups is 1. The Morgan fingerprint density at radius 1 is 1.25 bits per heavy atom. The molecule has 1 saturated heterocycles. The van der Waals surface area contributed by atoms with Crippen molar-refractivity contribution in [1.29, 1.82) is 0 Å². The van der Waals surface area contributed by atoms with E-state index in [9.17, 15) is 4.79 Å². The van der Waals surface area contributed by atoms with E-state index in [0.717, 1.165) is 21.1 Å². The zero-order valence-electron chi connectivity index (χ0n) is 13.0. The maximum Gasteiger partial charge on any atom is 0.338 e. The van der Waals surface area contributed by atoms with Gasteiger partial charge in [0, 0.05) is 12.4 Å². The normalized spacial score (nSPS) is 14.5. The van der Waals surface area contributed by atoms with Crippen molar-refractivity contribution in [2.75, 3.05) is 25.1 Å². The molecule has 7 heteroatoms. The molecule has 0 unspecified atom stereocenters. The van der Waals surface area contributed by atoms with Gasteiger partial charge >= 0.3 is 5.97 Å². The van der Waals surface area contributed by atoms with Gasteiger partial charge in [-0.25, -0.2) is 9.78 Å². The third-order valence-electron chi connectivity index (χ3n) is 3.90. The van der Waals surface area contributed by atoms with Crippen LogP contribution in [0.25, 0.3) is 10.2 Å². The van der Waals surface area contributed by atoms with E-state index in [-0.39, 0.29) is 12.1 Å². The quantitative estimate of drug-likeness (QED) is 0.680. The van der Waals surface area contributed by atoms with Crippen molar-refractivity contribution in [1.82, 2.24) is 9.97 Å². The Bertz CT molecular complexity index is 875. The number of aromatic nitrogens is 2. The average Bonchev–Trinajstić information content (AvgIpc) is 3.01. The number of nitrogens with zero attached hydrogens (tertiary/aromatic N) is 3. The lowest BCUT2D eigenvalue weighted by atomic mass is 10.2. The molecule has 0 amide bonds. The largest absolute Gasteiger partial charge is 0.494 e. The molecule has 3 aromatic rings. The molecule has 1 fully saturated rings. The second-order valence-electron chi connectivity index (χ2n) is 5.47. The smallest absolute Gasteiger partial charge is 0.338 e. The summed E-state index contributed by atoms with van der Waals surface area (Å²) in [6.45, 7) is 1.30. The van der Waals surface area contributed by atoms with Crippen molar-refractivity contribution in [3.05, 3.63) is 48.3 Å². The van der Waals surface area contributed by atoms with Crippen LogP contribution in [0.15, 0.2) is 42.7 Å². The zero-order chi connectivity index (χ0) is 16.5. The van der Waals surface area contributed by atoms with Crippen molar-refractivity contribution in [2.24, 2.45) is 0 Å². The van der Waals surface area contributed by atoms with Crippen LogP contribution in [0.3, 0.4) is 0 Å². The fraction of sp³-hybridized carbons (Fsp3) is 0.235. The molecule has 0 spiro atoms. The first-order valence-electron chi connectivity index (χ1n) is 7.54. The Hall–Kier alpha value is -2.67. The van der Waals surface area contributed by atoms with Gasteiger partial charge in [0.05, 0.1) is 30.5 Å². The van der Waals surface area contributed by atoms with Crippen LogP contribution in [0, 0.1) is 0 Å². The lowest BCUT2D eigenvalue weighted by Crippen LogP contribution is -2.53. The summed E-state index contributed by atoms with van der Waals surface area (Å²) in [6.07, 6.45) is 3.05. The number of esters is 1. The molecular formula is C17H15N3O3S. The highest BCUT2D eigenvalue weighted by Crippen LogP contribution is 2.35. The average molecular weight is 341 g/mol. The predicted molar refractivity (Wildman–Crippen MR) is 91.8 cm³/mol. The molecule has 0 N–H and O–H groups in total. The number of carbonyl (C=O) groups excluding carboxylic acids is 1. The first-order chi connectivity index (χ1) is 11.7. The van der Waals surface area contributed by atoms with Crippen molar-refractivity contribution >= 4 is 32.7 Å². The van der Waals surface area contributed by atoms with E-state index in [1.165, 1.54) is 0 Å². The molecule has 0 saturated carbocycles. The van der Waals surface area contributed by atoms with Crippen molar-refractivity contribution in [2.45, 2.75) is 6.10 Å². The molecule has 1 aromatic carbocycles. The summed E-state index contributed by atoms with van der Waals surface area (Å²) in [5.74, 6) is 0.462. The third-order valence-corrected chi connectivity index (χ3v) is 4.98. The van der Waals surface area contributed by atoms with Crippen LogP contribution < -0.4 is 9.64 Å². The third kappa shape index (κ3) is 2.67. The van der Waals surface area contributed by atoms with Crippen LogP contribution in [0.4, 0.5) is 5.13 Å². The number of pyridine rings is 1. The van der Waals surface area contributed by atoms with Gasteiger partial charge in [-0.05, 0) is 24.3 Å². The van der Waals surface area contributed by atoms with E-state index in [2.05, 4.69) is 14.9 Å². The number of rotatable bonds is 4. The molecule has 0 radical (unpaired) electrons. The molecule has 0 atom stereocenters. The SMILES string of the molecule is COc1cccc2sc(N3CC(OC(=O)c4ccncc4)C3)nc12. The van der Waals surface area contributed by atoms with Gasteiger partial charge in [-0.2, -0.15) is 0 Å². The fourth-order valence-corrected chi connectivity index (χ4v) is 3.59. The van der Waals surface area contributed by atoms with Crippen LogP contribution in [0.1, 0.15) is 10.4 Å². The second kappa shape index (κ2) is 6.09. The molecule has 0 bridgehead atoms. The highest BCUT2D eigenvalue weighted by molar-refractivity contribution is 7.22. The molecule has 4 rings (SSSR count). The van der Waals surface area contributed by atoms with E-state index >= 15 is 0 Å². The van der Waals surface area contributed by atoms with E-state index < -0.39 is 0 Å². The molecule has 122 valence electrons. The van der Waals surface area contributed by atoms with Gasteiger partial charge in [-0.1, -0.05) is 17.4 Å². The number of methoxy groups -OCH3 is 1. The molecule has 24 heavy (non-hydrogen) atoms. The second-order valence-corrected chi connectivity index (χ2v) is 6.48. The van der Waals surface area contributed by atoms with E-state index in [4.69, 9.17) is 9.47 Å². The van der Waals surface area contributed by atoms with Crippen LogP contribution in [-0.2, 0) is 4.74 Å². The molecule has 3 heterocycles. The molecule has 1 aliphatic heterocycles. The van der Waals surface area contributed by atoms with E-state index in [1.807, 2.05) is 18.2 Å². The molecule has 1 aliphatic rings. The maximum atomic E-state index is 12.0. The maximum absolute atomic E-state index is 12.0. The number of benzene rings is 1. The highest BCUT2D eigenvalue weighted by Gasteiger charge is 2.32. The summed E-state index contributed by atoms with van der Waals surface area (Å²) in [7, 11) is 1.64. The molecule has 2 aromatic heterocycles. The topological polar surface area (TPSA) is 64.6 Å². The summed E-state index contributed by atoms with van der Waals surface area (Å²) in [5.41, 5.74) is 1.39. The van der Waals surface area contributed by atoms with E-state index in [1.54, 1.807) is 43.0 Å². The Morgan fingerprint density at radius 3 is 2.79 bits per heavy atom. The number of para-hydroxylation sites is 1. The number of anilines is 1. The van der Waals surface area contributed by atoms with E-state index in [0.29, 0.717) is 18.7 Å². The summed E-state index contributed by atoms with van der Waals surface area (Å²) < 4.78 is 11.9. The minimum Gasteiger partial charge on any atom is -0.494 e. The predicted octanol–water partition coefficient (Wildman–Crippen LogP) is 2.75. The lowest BCUT2D eigenvalue weighted by molar-refractivity contribution is 0.0234. The van der Waals surface area contributed by atoms with Crippen molar-refractivity contribution < 1.29 is 14.3 Å². The number of hydrogen-bond donors (Lipinski definition) is 0. The Kier molecular flexibility index (Phi) is 3.78. The number of ether oxygens (including phenoxy) is 2. The van der Waals surface area contributed by atoms with Gasteiger partial charge < -0.3 is 14.4 Å². The van der Waals surface area contributed by atoms with Crippen LogP contribution >= 0.6 is 11.3 Å². The Morgan fingerprint density at radius 2 is 2.04 bits per heavy atom. The molecule has 6 nitrogen and oxygen atoms in total. The van der Waals surface area contributed by atoms with Crippen LogP contribution in [-0.4, -0.2) is 42.2 Å². The number of fused-ring (bicyclic) bond motifs is 1. The van der Waals surface area contributed by atoms with Gasteiger partial charge in [0.1, 0.15) is 17.4 Å². The van der Waals surface area contributed by atoms with Gasteiger partial charge in [-0.15, -0.1) is 0 Å². The standard InChI is InChI=1S/C17H15N3O3S/c1-22-13-3-2-4-14-15(13)19-17(24-14)20-9-12(10-20)23-16(21)11-5-7-18-8-6-11/h2-8,12H,9-10H2,1H3. The van der Waals surface area contributed by atoms with Crippen molar-refractivity contribution in [3.8, 4) is 5.75 Å². The zero-order valence-corrected chi connectivity index (χ0v) is 13.8. The summed E-state index contributed by atoms with van der Waals surface area (Å²) in [6, 6.07) is 9.19. The van der Waals surface area contributed by atoms with Gasteiger partial charge in [-0.3, -0.25) is 4.98 Å². The lowest BCUT2D eigenvalue weighted by Gasteiger charge is -2.38. The van der Waals surface area contributed by atoms with Gasteiger partial charge in [0.15, 0.2) is 5.13 Å². The van der Waals surface area contributed by atoms with Crippen molar-refractivity contribution in [3.63, 3.8) is 0 Å². The molecule has 0 aliphatic carbocycles. The van der Waals surface area contributed by atoms with Gasteiger partial charge in [0.2, 0.25) is 0 Å². The molecular weight excluding hydrogens is 326 g/mol. The number of hydrogen-bond acceptors (Lipinski definition) is 7. The first-order valence-corrected chi connectivity index (χ1v) is 8.36. The Balaban J connectivity index is 1.42. The van der Waals surface area contributed by atoms with Crippen LogP contribution in [0.2, 0.25) is 0 Å². The summed E-state index contributed by atoms with van der Waals surface area (Å²) in [4.78, 5) is 22.7. The minimum absolute atomic E-state index is 0.112. The summed E-state index contributed by atoms with van der Waals surface area (Å²) >= 11 is 1.61. The van der Waals surface area contributed by atoms with Gasteiger partial charge in [0.25, 0.3) is 0 Å². The first kappa shape index (κ1) is 14.9. The number of thiazole rings is 1.